The molecule has 4 nitrogen and oxygen atoms in total. The number of hydrogen-bond donors (Lipinski definition) is 0. The summed E-state index contributed by atoms with van der Waals surface area (Å²) in [7, 11) is 3.70. The van der Waals surface area contributed by atoms with Crippen molar-refractivity contribution in [2.24, 2.45) is 0 Å². The van der Waals surface area contributed by atoms with Gasteiger partial charge >= 0.3 is 5.97 Å². The van der Waals surface area contributed by atoms with Gasteiger partial charge in [-0.1, -0.05) is 0 Å². The normalized spacial score (nSPS) is 11.2. The Balaban J connectivity index is 3.11. The Morgan fingerprint density at radius 3 is 2.76 bits per heavy atom. The van der Waals surface area contributed by atoms with Gasteiger partial charge in [0.1, 0.15) is 0 Å². The van der Waals surface area contributed by atoms with E-state index < -0.39 is 0 Å². The maximum Gasteiger partial charge on any atom is 0.340 e. The molecule has 0 aromatic carbocycles. The second kappa shape index (κ2) is 6.39. The second-order valence-corrected chi connectivity index (χ2v) is 4.53. The smallest absolute Gasteiger partial charge is 0.340 e. The zero-order valence-corrected chi connectivity index (χ0v) is 11.7. The first-order chi connectivity index (χ1) is 8.04. The van der Waals surface area contributed by atoms with Gasteiger partial charge in [-0.25, -0.2) is 4.79 Å². The number of hydrogen-bond acceptors (Lipinski definition) is 4. The minimum atomic E-state index is -0.346. The lowest BCUT2D eigenvalue weighted by Gasteiger charge is -2.11. The molecule has 0 atom stereocenters. The summed E-state index contributed by atoms with van der Waals surface area (Å²) >= 11 is 3.33. The molecule has 92 valence electrons. The topological polar surface area (TPSA) is 42.4 Å². The van der Waals surface area contributed by atoms with Crippen molar-refractivity contribution >= 4 is 27.5 Å². The van der Waals surface area contributed by atoms with Crippen LogP contribution < -0.4 is 0 Å². The molecule has 0 aliphatic rings. The van der Waals surface area contributed by atoms with Crippen LogP contribution in [0.15, 0.2) is 29.1 Å². The molecule has 0 saturated heterocycles. The van der Waals surface area contributed by atoms with Crippen LogP contribution >= 0.6 is 15.9 Å². The largest absolute Gasteiger partial charge is 0.462 e. The molecule has 1 heterocycles. The van der Waals surface area contributed by atoms with Crippen LogP contribution in [0.2, 0.25) is 0 Å². The van der Waals surface area contributed by atoms with Crippen LogP contribution in [0.3, 0.4) is 0 Å². The van der Waals surface area contributed by atoms with E-state index in [2.05, 4.69) is 20.9 Å². The van der Waals surface area contributed by atoms with Crippen molar-refractivity contribution in [3.05, 3.63) is 34.7 Å². The minimum absolute atomic E-state index is 0.346. The van der Waals surface area contributed by atoms with Crippen LogP contribution in [0.25, 0.3) is 5.57 Å². The van der Waals surface area contributed by atoms with Gasteiger partial charge in [-0.3, -0.25) is 4.98 Å². The quantitative estimate of drug-likeness (QED) is 0.632. The van der Waals surface area contributed by atoms with Gasteiger partial charge in [-0.15, -0.1) is 0 Å². The molecule has 17 heavy (non-hydrogen) atoms. The SMILES string of the molecule is CCOC(=O)/C(=C\N(C)C)c1cncc(Br)c1. The van der Waals surface area contributed by atoms with Gasteiger partial charge in [-0.05, 0) is 28.9 Å². The van der Waals surface area contributed by atoms with Gasteiger partial charge in [0, 0.05) is 42.7 Å². The number of ether oxygens (including phenoxy) is 1. The molecule has 0 radical (unpaired) electrons. The van der Waals surface area contributed by atoms with Gasteiger partial charge in [0.25, 0.3) is 0 Å². The van der Waals surface area contributed by atoms with Crippen LogP contribution in [0.4, 0.5) is 0 Å². The van der Waals surface area contributed by atoms with E-state index in [1.807, 2.05) is 20.2 Å². The molecule has 0 saturated carbocycles. The number of rotatable bonds is 4. The molecule has 1 rings (SSSR count). The van der Waals surface area contributed by atoms with E-state index in [9.17, 15) is 4.79 Å². The molecule has 1 aromatic rings. The predicted octanol–water partition coefficient (Wildman–Crippen LogP) is 2.31. The van der Waals surface area contributed by atoms with Crippen LogP contribution in [0, 0.1) is 0 Å². The highest BCUT2D eigenvalue weighted by molar-refractivity contribution is 9.10. The van der Waals surface area contributed by atoms with Crippen molar-refractivity contribution in [2.75, 3.05) is 20.7 Å². The number of carbonyl (C=O) groups excluding carboxylic acids is 1. The molecule has 0 spiro atoms. The Morgan fingerprint density at radius 1 is 1.53 bits per heavy atom. The fraction of sp³-hybridized carbons (Fsp3) is 0.333. The number of aromatic nitrogens is 1. The third-order valence-corrected chi connectivity index (χ3v) is 2.33. The standard InChI is InChI=1S/C12H15BrN2O2/c1-4-17-12(16)11(8-15(2)3)9-5-10(13)7-14-6-9/h5-8H,4H2,1-3H3/b11-8-. The van der Waals surface area contributed by atoms with Crippen LogP contribution in [-0.2, 0) is 9.53 Å². The molecular formula is C12H15BrN2O2. The first kappa shape index (κ1) is 13.7. The minimum Gasteiger partial charge on any atom is -0.462 e. The summed E-state index contributed by atoms with van der Waals surface area (Å²) in [6.07, 6.45) is 5.03. The van der Waals surface area contributed by atoms with E-state index in [4.69, 9.17) is 4.74 Å². The Morgan fingerprint density at radius 2 is 2.24 bits per heavy atom. The molecule has 0 N–H and O–H groups in total. The van der Waals surface area contributed by atoms with Crippen molar-refractivity contribution < 1.29 is 9.53 Å². The molecule has 5 heteroatoms. The number of esters is 1. The Kier molecular flexibility index (Phi) is 5.15. The molecule has 0 amide bonds. The maximum absolute atomic E-state index is 11.8. The number of carbonyl (C=O) groups is 1. The monoisotopic (exact) mass is 298 g/mol. The fourth-order valence-electron chi connectivity index (χ4n) is 1.27. The number of nitrogens with zero attached hydrogens (tertiary/aromatic N) is 2. The lowest BCUT2D eigenvalue weighted by Crippen LogP contribution is -2.11. The molecule has 0 fully saturated rings. The first-order valence-corrected chi connectivity index (χ1v) is 6.00. The van der Waals surface area contributed by atoms with Crippen molar-refractivity contribution in [1.82, 2.24) is 9.88 Å². The summed E-state index contributed by atoms with van der Waals surface area (Å²) in [4.78, 5) is 17.7. The number of pyridine rings is 1. The Hall–Kier alpha value is -1.36. The van der Waals surface area contributed by atoms with E-state index in [0.717, 1.165) is 10.0 Å². The average molecular weight is 299 g/mol. The predicted molar refractivity (Wildman–Crippen MR) is 70.2 cm³/mol. The highest BCUT2D eigenvalue weighted by Gasteiger charge is 2.14. The zero-order chi connectivity index (χ0) is 12.8. The highest BCUT2D eigenvalue weighted by atomic mass is 79.9. The molecule has 0 unspecified atom stereocenters. The van der Waals surface area contributed by atoms with E-state index in [1.165, 1.54) is 0 Å². The lowest BCUT2D eigenvalue weighted by molar-refractivity contribution is -0.136. The second-order valence-electron chi connectivity index (χ2n) is 3.62. The van der Waals surface area contributed by atoms with E-state index >= 15 is 0 Å². The summed E-state index contributed by atoms with van der Waals surface area (Å²) in [5.74, 6) is -0.346. The number of halogens is 1. The fourth-order valence-corrected chi connectivity index (χ4v) is 1.64. The maximum atomic E-state index is 11.8. The van der Waals surface area contributed by atoms with Crippen molar-refractivity contribution in [3.63, 3.8) is 0 Å². The lowest BCUT2D eigenvalue weighted by atomic mass is 10.1. The van der Waals surface area contributed by atoms with Gasteiger partial charge < -0.3 is 9.64 Å². The van der Waals surface area contributed by atoms with Gasteiger partial charge in [0.05, 0.1) is 12.2 Å². The third kappa shape index (κ3) is 4.19. The van der Waals surface area contributed by atoms with Crippen molar-refractivity contribution in [2.45, 2.75) is 6.92 Å². The van der Waals surface area contributed by atoms with Crippen LogP contribution in [0.5, 0.6) is 0 Å². The first-order valence-electron chi connectivity index (χ1n) is 5.21. The van der Waals surface area contributed by atoms with E-state index in [0.29, 0.717) is 12.2 Å². The summed E-state index contributed by atoms with van der Waals surface area (Å²) in [5, 5.41) is 0. The van der Waals surface area contributed by atoms with Crippen molar-refractivity contribution in [3.8, 4) is 0 Å². The summed E-state index contributed by atoms with van der Waals surface area (Å²) in [6, 6.07) is 1.83. The van der Waals surface area contributed by atoms with Crippen LogP contribution in [-0.4, -0.2) is 36.6 Å². The average Bonchev–Trinajstić information content (AvgIpc) is 2.26. The molecule has 0 aliphatic carbocycles. The van der Waals surface area contributed by atoms with Gasteiger partial charge in [0.2, 0.25) is 0 Å². The van der Waals surface area contributed by atoms with Gasteiger partial charge in [0.15, 0.2) is 0 Å². The van der Waals surface area contributed by atoms with Crippen LogP contribution in [0.1, 0.15) is 12.5 Å². The molecular weight excluding hydrogens is 284 g/mol. The summed E-state index contributed by atoms with van der Waals surface area (Å²) in [6.45, 7) is 2.13. The van der Waals surface area contributed by atoms with Gasteiger partial charge in [-0.2, -0.15) is 0 Å². The summed E-state index contributed by atoms with van der Waals surface area (Å²) < 4.78 is 5.85. The highest BCUT2D eigenvalue weighted by Crippen LogP contribution is 2.19. The van der Waals surface area contributed by atoms with E-state index in [-0.39, 0.29) is 5.97 Å². The molecule has 0 aliphatic heterocycles. The third-order valence-electron chi connectivity index (χ3n) is 1.90. The summed E-state index contributed by atoms with van der Waals surface area (Å²) in [5.41, 5.74) is 1.22. The molecule has 0 bridgehead atoms. The van der Waals surface area contributed by atoms with Crippen molar-refractivity contribution in [1.29, 1.82) is 0 Å². The zero-order valence-electron chi connectivity index (χ0n) is 10.1. The molecule has 1 aromatic heterocycles. The Bertz CT molecular complexity index is 430. The van der Waals surface area contributed by atoms with E-state index in [1.54, 1.807) is 30.4 Å². The Labute approximate surface area is 109 Å².